The van der Waals surface area contributed by atoms with Crippen molar-refractivity contribution < 1.29 is 9.84 Å². The number of phenolic OH excluding ortho intramolecular Hbond substituents is 1. The third-order valence-electron chi connectivity index (χ3n) is 3.64. The van der Waals surface area contributed by atoms with Crippen molar-refractivity contribution in [3.8, 4) is 5.75 Å². The van der Waals surface area contributed by atoms with Crippen molar-refractivity contribution in [1.29, 1.82) is 0 Å². The summed E-state index contributed by atoms with van der Waals surface area (Å²) in [6.45, 7) is 3.42. The minimum Gasteiger partial charge on any atom is -0.506 e. The maximum absolute atomic E-state index is 10.1. The molecule has 1 saturated heterocycles. The third kappa shape index (κ3) is 4.36. The molecule has 0 saturated carbocycles. The first-order valence-electron chi connectivity index (χ1n) is 7.28. The number of rotatable bonds is 3. The number of nitrogens with zero attached hydrogens (tertiary/aromatic N) is 2. The fourth-order valence-corrected chi connectivity index (χ4v) is 4.29. The molecule has 0 bridgehead atoms. The first-order valence-corrected chi connectivity index (χ1v) is 9.44. The number of benzene rings is 2. The van der Waals surface area contributed by atoms with Gasteiger partial charge in [0.1, 0.15) is 5.75 Å². The summed E-state index contributed by atoms with van der Waals surface area (Å²) in [5.41, 5.74) is 2.80. The molecule has 2 aromatic carbocycles. The maximum Gasteiger partial charge on any atom is 0.137 e. The Kier molecular flexibility index (Phi) is 5.76. The molecule has 6 heteroatoms. The lowest BCUT2D eigenvalue weighted by Crippen LogP contribution is -2.36. The molecule has 0 amide bonds. The van der Waals surface area contributed by atoms with Crippen molar-refractivity contribution in [1.82, 2.24) is 0 Å². The maximum atomic E-state index is 10.1. The topological polar surface area (TPSA) is 45.1 Å². The molecule has 0 atom stereocenters. The molecular weight excluding hydrogens is 518 g/mol. The summed E-state index contributed by atoms with van der Waals surface area (Å²) in [5, 5.41) is 10.1. The van der Waals surface area contributed by atoms with Gasteiger partial charge in [-0.15, -0.1) is 0 Å². The van der Waals surface area contributed by atoms with E-state index in [0.717, 1.165) is 44.7 Å². The van der Waals surface area contributed by atoms with Crippen molar-refractivity contribution in [2.24, 2.45) is 4.99 Å². The van der Waals surface area contributed by atoms with Gasteiger partial charge in [0.05, 0.1) is 22.5 Å². The minimum absolute atomic E-state index is 0.278. The van der Waals surface area contributed by atoms with Crippen LogP contribution in [0.3, 0.4) is 0 Å². The van der Waals surface area contributed by atoms with E-state index < -0.39 is 0 Å². The molecule has 1 N–H and O–H groups in total. The predicted octanol–water partition coefficient (Wildman–Crippen LogP) is 4.19. The number of aromatic hydroxyl groups is 1. The molecule has 0 radical (unpaired) electrons. The van der Waals surface area contributed by atoms with E-state index in [0.29, 0.717) is 0 Å². The summed E-state index contributed by atoms with van der Waals surface area (Å²) in [6.07, 6.45) is 1.71. The minimum atomic E-state index is 0.278. The molecule has 1 fully saturated rings. The highest BCUT2D eigenvalue weighted by molar-refractivity contribution is 14.1. The lowest BCUT2D eigenvalue weighted by atomic mass is 10.2. The zero-order valence-corrected chi connectivity index (χ0v) is 16.7. The number of morpholine rings is 1. The molecule has 3 rings (SSSR count). The zero-order valence-electron chi connectivity index (χ0n) is 12.4. The largest absolute Gasteiger partial charge is 0.506 e. The first kappa shape index (κ1) is 17.0. The quantitative estimate of drug-likeness (QED) is 0.475. The van der Waals surface area contributed by atoms with Gasteiger partial charge in [0.25, 0.3) is 0 Å². The number of halogens is 2. The van der Waals surface area contributed by atoms with Gasteiger partial charge < -0.3 is 14.7 Å². The van der Waals surface area contributed by atoms with Crippen molar-refractivity contribution in [2.75, 3.05) is 31.2 Å². The molecule has 0 unspecified atom stereocenters. The zero-order chi connectivity index (χ0) is 16.2. The predicted molar refractivity (Wildman–Crippen MR) is 110 cm³/mol. The van der Waals surface area contributed by atoms with E-state index >= 15 is 0 Å². The highest BCUT2D eigenvalue weighted by atomic mass is 127. The van der Waals surface area contributed by atoms with E-state index in [-0.39, 0.29) is 5.75 Å². The van der Waals surface area contributed by atoms with Crippen LogP contribution in [0.5, 0.6) is 5.75 Å². The van der Waals surface area contributed by atoms with Crippen LogP contribution in [0.1, 0.15) is 5.56 Å². The Balaban J connectivity index is 1.75. The van der Waals surface area contributed by atoms with Gasteiger partial charge in [0, 0.05) is 34.1 Å². The molecule has 0 spiro atoms. The van der Waals surface area contributed by atoms with Crippen molar-refractivity contribution >= 4 is 62.8 Å². The number of phenols is 1. The highest BCUT2D eigenvalue weighted by Crippen LogP contribution is 2.27. The Morgan fingerprint density at radius 2 is 1.78 bits per heavy atom. The number of ether oxygens (including phenoxy) is 1. The first-order chi connectivity index (χ1) is 11.1. The Morgan fingerprint density at radius 1 is 1.09 bits per heavy atom. The lowest BCUT2D eigenvalue weighted by Gasteiger charge is -2.28. The number of aliphatic imine (C=N–C) groups is 1. The number of hydrogen-bond donors (Lipinski definition) is 1. The van der Waals surface area contributed by atoms with Crippen LogP contribution in [0.4, 0.5) is 11.4 Å². The second-order valence-electron chi connectivity index (χ2n) is 5.20. The van der Waals surface area contributed by atoms with Gasteiger partial charge in [-0.25, -0.2) is 0 Å². The van der Waals surface area contributed by atoms with Crippen LogP contribution in [0.15, 0.2) is 41.4 Å². The van der Waals surface area contributed by atoms with Gasteiger partial charge in [-0.3, -0.25) is 4.99 Å². The Labute approximate surface area is 162 Å². The Morgan fingerprint density at radius 3 is 2.48 bits per heavy atom. The summed E-state index contributed by atoms with van der Waals surface area (Å²) in [4.78, 5) is 6.78. The molecule has 0 aromatic heterocycles. The lowest BCUT2D eigenvalue weighted by molar-refractivity contribution is 0.122. The van der Waals surface area contributed by atoms with E-state index in [9.17, 15) is 5.11 Å². The summed E-state index contributed by atoms with van der Waals surface area (Å²) in [7, 11) is 0. The van der Waals surface area contributed by atoms with Gasteiger partial charge in [-0.05, 0) is 81.6 Å². The molecule has 1 heterocycles. The molecule has 4 nitrogen and oxygen atoms in total. The molecular formula is C17H16I2N2O2. The van der Waals surface area contributed by atoms with Gasteiger partial charge in [0.2, 0.25) is 0 Å². The molecule has 0 aliphatic carbocycles. The summed E-state index contributed by atoms with van der Waals surface area (Å²) < 4.78 is 7.28. The smallest absolute Gasteiger partial charge is 0.137 e. The third-order valence-corrected chi connectivity index (χ3v) is 5.08. The van der Waals surface area contributed by atoms with Crippen LogP contribution < -0.4 is 4.90 Å². The Bertz CT molecular complexity index is 711. The standard InChI is InChI=1S/C17H16I2N2O2/c18-13-9-12(17(22)16(19)10-13)11-20-14-1-3-15(4-2-14)21-5-7-23-8-6-21/h1-4,9-11,22H,5-8H2. The van der Waals surface area contributed by atoms with Crippen LogP contribution in [0.2, 0.25) is 0 Å². The van der Waals surface area contributed by atoms with Gasteiger partial charge in [-0.1, -0.05) is 0 Å². The van der Waals surface area contributed by atoms with E-state index in [4.69, 9.17) is 4.74 Å². The average Bonchev–Trinajstić information content (AvgIpc) is 2.58. The van der Waals surface area contributed by atoms with Gasteiger partial charge >= 0.3 is 0 Å². The molecule has 1 aliphatic rings. The summed E-state index contributed by atoms with van der Waals surface area (Å²) >= 11 is 4.36. The van der Waals surface area contributed by atoms with Crippen molar-refractivity contribution in [2.45, 2.75) is 0 Å². The van der Waals surface area contributed by atoms with Crippen LogP contribution in [-0.2, 0) is 4.74 Å². The second kappa shape index (κ2) is 7.80. The van der Waals surface area contributed by atoms with Crippen LogP contribution in [-0.4, -0.2) is 37.6 Å². The van der Waals surface area contributed by atoms with E-state index in [1.54, 1.807) is 6.21 Å². The number of anilines is 1. The fraction of sp³-hybridized carbons (Fsp3) is 0.235. The van der Waals surface area contributed by atoms with E-state index in [1.165, 1.54) is 5.69 Å². The van der Waals surface area contributed by atoms with E-state index in [2.05, 4.69) is 67.2 Å². The number of hydrogen-bond acceptors (Lipinski definition) is 4. The SMILES string of the molecule is Oc1c(I)cc(I)cc1C=Nc1ccc(N2CCOCC2)cc1. The fourth-order valence-electron chi connectivity index (χ4n) is 2.40. The highest BCUT2D eigenvalue weighted by Gasteiger charge is 2.10. The average molecular weight is 534 g/mol. The summed E-state index contributed by atoms with van der Waals surface area (Å²) in [6, 6.07) is 12.0. The monoisotopic (exact) mass is 534 g/mol. The molecule has 1 aliphatic heterocycles. The van der Waals surface area contributed by atoms with Crippen molar-refractivity contribution in [3.63, 3.8) is 0 Å². The van der Waals surface area contributed by atoms with Gasteiger partial charge in [-0.2, -0.15) is 0 Å². The molecule has 2 aromatic rings. The van der Waals surface area contributed by atoms with Crippen LogP contribution in [0.25, 0.3) is 0 Å². The van der Waals surface area contributed by atoms with Gasteiger partial charge in [0.15, 0.2) is 0 Å². The normalized spacial score (nSPS) is 15.3. The van der Waals surface area contributed by atoms with E-state index in [1.807, 2.05) is 24.3 Å². The van der Waals surface area contributed by atoms with Crippen molar-refractivity contribution in [3.05, 3.63) is 49.1 Å². The molecule has 120 valence electrons. The summed E-state index contributed by atoms with van der Waals surface area (Å²) in [5.74, 6) is 0.278. The Hall–Kier alpha value is -0.870. The van der Waals surface area contributed by atoms with Crippen LogP contribution >= 0.6 is 45.2 Å². The van der Waals surface area contributed by atoms with Crippen LogP contribution in [0, 0.1) is 7.14 Å². The molecule has 23 heavy (non-hydrogen) atoms. The second-order valence-corrected chi connectivity index (χ2v) is 7.61.